The quantitative estimate of drug-likeness (QED) is 0.849. The SMILES string of the molecule is Cc1cc(N2CC3CN(c4cc(F)ccc4Cl)CC3C2)no1. The Morgan fingerprint density at radius 1 is 1.14 bits per heavy atom. The zero-order valence-electron chi connectivity index (χ0n) is 12.3. The summed E-state index contributed by atoms with van der Waals surface area (Å²) < 4.78 is 18.6. The second-order valence-corrected chi connectivity index (χ2v) is 6.63. The summed E-state index contributed by atoms with van der Waals surface area (Å²) in [6.07, 6.45) is 0. The number of aromatic nitrogens is 1. The van der Waals surface area contributed by atoms with Crippen molar-refractivity contribution < 1.29 is 8.91 Å². The number of nitrogens with zero attached hydrogens (tertiary/aromatic N) is 3. The first-order valence-corrected chi connectivity index (χ1v) is 7.86. The Morgan fingerprint density at radius 3 is 2.45 bits per heavy atom. The van der Waals surface area contributed by atoms with Crippen LogP contribution >= 0.6 is 11.6 Å². The molecule has 22 heavy (non-hydrogen) atoms. The van der Waals surface area contributed by atoms with Crippen molar-refractivity contribution in [2.24, 2.45) is 11.8 Å². The fraction of sp³-hybridized carbons (Fsp3) is 0.438. The van der Waals surface area contributed by atoms with Gasteiger partial charge in [-0.25, -0.2) is 4.39 Å². The van der Waals surface area contributed by atoms with Crippen molar-refractivity contribution in [1.29, 1.82) is 0 Å². The van der Waals surface area contributed by atoms with Gasteiger partial charge in [0.25, 0.3) is 0 Å². The van der Waals surface area contributed by atoms with Crippen LogP contribution in [-0.4, -0.2) is 31.3 Å². The molecule has 2 atom stereocenters. The molecule has 116 valence electrons. The van der Waals surface area contributed by atoms with E-state index in [0.717, 1.165) is 43.4 Å². The Kier molecular flexibility index (Phi) is 3.26. The molecule has 0 amide bonds. The molecule has 1 aromatic heterocycles. The number of rotatable bonds is 2. The molecule has 2 aliphatic rings. The highest BCUT2D eigenvalue weighted by Gasteiger charge is 2.41. The predicted octanol–water partition coefficient (Wildman–Crippen LogP) is 3.35. The van der Waals surface area contributed by atoms with Crippen molar-refractivity contribution in [2.75, 3.05) is 36.0 Å². The highest BCUT2D eigenvalue weighted by molar-refractivity contribution is 6.33. The van der Waals surface area contributed by atoms with Gasteiger partial charge in [0.05, 0.1) is 10.7 Å². The number of halogens is 2. The Bertz CT molecular complexity index is 690. The summed E-state index contributed by atoms with van der Waals surface area (Å²) in [4.78, 5) is 4.47. The molecule has 0 saturated carbocycles. The molecule has 2 aromatic rings. The highest BCUT2D eigenvalue weighted by atomic mass is 35.5. The fourth-order valence-electron chi connectivity index (χ4n) is 3.61. The number of hydrogen-bond donors (Lipinski definition) is 0. The minimum absolute atomic E-state index is 0.240. The Labute approximate surface area is 133 Å². The van der Waals surface area contributed by atoms with Gasteiger partial charge in [0.2, 0.25) is 0 Å². The molecule has 0 radical (unpaired) electrons. The maximum atomic E-state index is 13.5. The van der Waals surface area contributed by atoms with Crippen LogP contribution in [0.5, 0.6) is 0 Å². The smallest absolute Gasteiger partial charge is 0.172 e. The van der Waals surface area contributed by atoms with Crippen molar-refractivity contribution in [3.05, 3.63) is 40.9 Å². The van der Waals surface area contributed by atoms with E-state index in [1.54, 1.807) is 6.07 Å². The second kappa shape index (κ2) is 5.16. The van der Waals surface area contributed by atoms with Crippen LogP contribution in [0.1, 0.15) is 5.76 Å². The van der Waals surface area contributed by atoms with E-state index in [9.17, 15) is 4.39 Å². The van der Waals surface area contributed by atoms with Crippen molar-refractivity contribution in [2.45, 2.75) is 6.92 Å². The summed E-state index contributed by atoms with van der Waals surface area (Å²) in [6, 6.07) is 6.53. The summed E-state index contributed by atoms with van der Waals surface area (Å²) >= 11 is 6.22. The van der Waals surface area contributed by atoms with Crippen molar-refractivity contribution in [1.82, 2.24) is 5.16 Å². The van der Waals surface area contributed by atoms with E-state index in [4.69, 9.17) is 16.1 Å². The molecule has 0 spiro atoms. The van der Waals surface area contributed by atoms with Gasteiger partial charge in [0, 0.05) is 44.1 Å². The molecule has 6 heteroatoms. The summed E-state index contributed by atoms with van der Waals surface area (Å²) in [5.74, 6) is 2.62. The van der Waals surface area contributed by atoms with Crippen molar-refractivity contribution in [3.8, 4) is 0 Å². The van der Waals surface area contributed by atoms with Crippen LogP contribution in [0.2, 0.25) is 5.02 Å². The van der Waals surface area contributed by atoms with Crippen molar-refractivity contribution >= 4 is 23.1 Å². The van der Waals surface area contributed by atoms with Crippen LogP contribution in [-0.2, 0) is 0 Å². The molecule has 3 heterocycles. The lowest BCUT2D eigenvalue weighted by Crippen LogP contribution is -2.29. The summed E-state index contributed by atoms with van der Waals surface area (Å²) in [6.45, 7) is 5.63. The van der Waals surface area contributed by atoms with Gasteiger partial charge in [0.15, 0.2) is 5.82 Å². The number of benzene rings is 1. The van der Waals surface area contributed by atoms with Gasteiger partial charge in [-0.3, -0.25) is 0 Å². The van der Waals surface area contributed by atoms with E-state index in [1.165, 1.54) is 12.1 Å². The summed E-state index contributed by atoms with van der Waals surface area (Å²) in [7, 11) is 0. The minimum atomic E-state index is -0.240. The highest BCUT2D eigenvalue weighted by Crippen LogP contribution is 2.38. The molecule has 4 rings (SSSR count). The van der Waals surface area contributed by atoms with Gasteiger partial charge in [-0.15, -0.1) is 0 Å². The average molecular weight is 322 g/mol. The van der Waals surface area contributed by atoms with E-state index < -0.39 is 0 Å². The average Bonchev–Trinajstić information content (AvgIpc) is 3.14. The van der Waals surface area contributed by atoms with Crippen LogP contribution in [0.4, 0.5) is 15.9 Å². The van der Waals surface area contributed by atoms with E-state index in [-0.39, 0.29) is 5.82 Å². The predicted molar refractivity (Wildman–Crippen MR) is 84.1 cm³/mol. The van der Waals surface area contributed by atoms with Crippen LogP contribution in [0.25, 0.3) is 0 Å². The molecule has 1 aromatic carbocycles. The molecule has 0 aliphatic carbocycles. The topological polar surface area (TPSA) is 32.5 Å². The van der Waals surface area contributed by atoms with Gasteiger partial charge in [-0.2, -0.15) is 0 Å². The van der Waals surface area contributed by atoms with Crippen LogP contribution in [0.3, 0.4) is 0 Å². The van der Waals surface area contributed by atoms with Crippen LogP contribution in [0, 0.1) is 24.6 Å². The molecule has 2 saturated heterocycles. The van der Waals surface area contributed by atoms with Crippen LogP contribution < -0.4 is 9.80 Å². The third kappa shape index (κ3) is 2.33. The van der Waals surface area contributed by atoms with E-state index >= 15 is 0 Å². The number of anilines is 2. The molecule has 4 nitrogen and oxygen atoms in total. The van der Waals surface area contributed by atoms with E-state index in [1.807, 2.05) is 13.0 Å². The van der Waals surface area contributed by atoms with Gasteiger partial charge in [-0.1, -0.05) is 16.8 Å². The lowest BCUT2D eigenvalue weighted by molar-refractivity contribution is 0.397. The van der Waals surface area contributed by atoms with Gasteiger partial charge >= 0.3 is 0 Å². The fourth-order valence-corrected chi connectivity index (χ4v) is 3.84. The first-order valence-electron chi connectivity index (χ1n) is 7.48. The number of aryl methyl sites for hydroxylation is 1. The molecular formula is C16H17ClFN3O. The Morgan fingerprint density at radius 2 is 1.82 bits per heavy atom. The molecule has 2 fully saturated rings. The minimum Gasteiger partial charge on any atom is -0.370 e. The van der Waals surface area contributed by atoms with Gasteiger partial charge in [-0.05, 0) is 25.1 Å². The van der Waals surface area contributed by atoms with Crippen LogP contribution in [0.15, 0.2) is 28.8 Å². The first kappa shape index (κ1) is 13.9. The van der Waals surface area contributed by atoms with Crippen molar-refractivity contribution in [3.63, 3.8) is 0 Å². The zero-order chi connectivity index (χ0) is 15.3. The maximum absolute atomic E-state index is 13.5. The summed E-state index contributed by atoms with van der Waals surface area (Å²) in [5, 5.41) is 4.71. The second-order valence-electron chi connectivity index (χ2n) is 6.22. The standard InChI is InChI=1S/C16H17ClFN3O/c1-10-4-16(19-22-10)21-8-11-6-20(7-12(11)9-21)15-5-13(18)2-3-14(15)17/h2-5,11-12H,6-9H2,1H3. The maximum Gasteiger partial charge on any atom is 0.172 e. The lowest BCUT2D eigenvalue weighted by Gasteiger charge is -2.23. The van der Waals surface area contributed by atoms with E-state index in [2.05, 4.69) is 15.0 Å². The Hall–Kier alpha value is -1.75. The monoisotopic (exact) mass is 321 g/mol. The molecule has 2 aliphatic heterocycles. The number of fused-ring (bicyclic) bond motifs is 1. The Balaban J connectivity index is 1.48. The normalized spacial score (nSPS) is 24.1. The zero-order valence-corrected chi connectivity index (χ0v) is 13.1. The van der Waals surface area contributed by atoms with Gasteiger partial charge < -0.3 is 14.3 Å². The van der Waals surface area contributed by atoms with E-state index in [0.29, 0.717) is 16.9 Å². The lowest BCUT2D eigenvalue weighted by atomic mass is 10.0. The first-order chi connectivity index (χ1) is 10.6. The molecule has 0 bridgehead atoms. The van der Waals surface area contributed by atoms with Gasteiger partial charge in [0.1, 0.15) is 11.6 Å². The number of hydrogen-bond acceptors (Lipinski definition) is 4. The summed E-state index contributed by atoms with van der Waals surface area (Å²) in [5.41, 5.74) is 0.805. The molecule has 2 unspecified atom stereocenters. The third-order valence-corrected chi connectivity index (χ3v) is 4.99. The largest absolute Gasteiger partial charge is 0.370 e. The third-order valence-electron chi connectivity index (χ3n) is 4.67. The molecule has 0 N–H and O–H groups in total. The molecular weight excluding hydrogens is 305 g/mol.